The summed E-state index contributed by atoms with van der Waals surface area (Å²) in [4.78, 5) is 52.8. The Balaban J connectivity index is 3.33. The van der Waals surface area contributed by atoms with Gasteiger partial charge in [0.2, 0.25) is 11.8 Å². The lowest BCUT2D eigenvalue weighted by Gasteiger charge is -2.35. The second-order valence-electron chi connectivity index (χ2n) is 9.45. The van der Waals surface area contributed by atoms with E-state index >= 15 is 0 Å². The van der Waals surface area contributed by atoms with E-state index in [0.717, 1.165) is 11.1 Å². The third kappa shape index (κ3) is 9.72. The number of carbonyl (C=O) groups is 4. The largest absolute Gasteiger partial charge is 0.466 e. The van der Waals surface area contributed by atoms with Gasteiger partial charge >= 0.3 is 12.1 Å². The van der Waals surface area contributed by atoms with Gasteiger partial charge in [-0.15, -0.1) is 0 Å². The van der Waals surface area contributed by atoms with E-state index in [4.69, 9.17) is 9.47 Å². The van der Waals surface area contributed by atoms with Crippen molar-refractivity contribution in [1.29, 1.82) is 0 Å². The second kappa shape index (κ2) is 14.7. The zero-order valence-corrected chi connectivity index (χ0v) is 23.4. The molecular weight excluding hydrogens is 482 g/mol. The number of nitrogens with zero attached hydrogens (tertiary/aromatic N) is 1. The van der Waals surface area contributed by atoms with Crippen LogP contribution in [0, 0.1) is 13.8 Å². The summed E-state index contributed by atoms with van der Waals surface area (Å²) in [6, 6.07) is 3.60. The van der Waals surface area contributed by atoms with Crippen LogP contribution < -0.4 is 10.6 Å². The van der Waals surface area contributed by atoms with Crippen molar-refractivity contribution < 1.29 is 28.7 Å². The normalized spacial score (nSPS) is 12.8. The molecule has 1 rings (SSSR count). The average Bonchev–Trinajstić information content (AvgIpc) is 2.78. The molecule has 0 radical (unpaired) electrons. The summed E-state index contributed by atoms with van der Waals surface area (Å²) in [6.07, 6.45) is -0.150. The van der Waals surface area contributed by atoms with Crippen molar-refractivity contribution >= 4 is 36.5 Å². The molecule has 0 saturated heterocycles. The molecule has 0 spiro atoms. The molecule has 36 heavy (non-hydrogen) atoms. The molecule has 0 aliphatic heterocycles. The topological polar surface area (TPSA) is 114 Å². The Morgan fingerprint density at radius 2 is 1.78 bits per heavy atom. The summed E-state index contributed by atoms with van der Waals surface area (Å²) in [5, 5.41) is 5.36. The number of hydrogen-bond acceptors (Lipinski definition) is 7. The first-order valence-electron chi connectivity index (χ1n) is 12.3. The first-order valence-corrected chi connectivity index (χ1v) is 12.9. The zero-order chi connectivity index (χ0) is 27.5. The van der Waals surface area contributed by atoms with E-state index in [1.54, 1.807) is 27.7 Å². The van der Waals surface area contributed by atoms with Gasteiger partial charge in [-0.3, -0.25) is 14.4 Å². The molecule has 0 aromatic heterocycles. The Bertz CT molecular complexity index is 915. The van der Waals surface area contributed by atoms with Crippen LogP contribution in [0.5, 0.6) is 0 Å². The van der Waals surface area contributed by atoms with Crippen LogP contribution in [0.2, 0.25) is 0 Å². The molecule has 0 bridgehead atoms. The minimum Gasteiger partial charge on any atom is -0.466 e. The highest BCUT2D eigenvalue weighted by atomic mass is 32.1. The fraction of sp³-hybridized carbons (Fsp3) is 0.615. The van der Waals surface area contributed by atoms with Crippen molar-refractivity contribution in [1.82, 2.24) is 15.5 Å². The minimum absolute atomic E-state index is 0.0142. The van der Waals surface area contributed by atoms with E-state index in [-0.39, 0.29) is 31.9 Å². The summed E-state index contributed by atoms with van der Waals surface area (Å²) in [7, 11) is 0. The van der Waals surface area contributed by atoms with E-state index in [1.807, 2.05) is 39.0 Å². The smallest absolute Gasteiger partial charge is 0.408 e. The highest BCUT2D eigenvalue weighted by Gasteiger charge is 2.36. The molecule has 2 unspecified atom stereocenters. The first-order chi connectivity index (χ1) is 16.9. The Hall–Kier alpha value is -2.75. The number of nitrogens with one attached hydrogen (secondary N) is 2. The fourth-order valence-corrected chi connectivity index (χ4v) is 3.83. The third-order valence-electron chi connectivity index (χ3n) is 5.35. The van der Waals surface area contributed by atoms with Gasteiger partial charge in [0.05, 0.1) is 13.0 Å². The number of alkyl carbamates (subject to hydrolysis) is 1. The number of hydrogen-bond donors (Lipinski definition) is 3. The van der Waals surface area contributed by atoms with Gasteiger partial charge in [-0.2, -0.15) is 12.6 Å². The Morgan fingerprint density at radius 3 is 2.33 bits per heavy atom. The lowest BCUT2D eigenvalue weighted by molar-refractivity contribution is -0.144. The van der Waals surface area contributed by atoms with E-state index in [0.29, 0.717) is 12.0 Å². The van der Waals surface area contributed by atoms with Gasteiger partial charge in [0.15, 0.2) is 0 Å². The molecule has 2 N–H and O–H groups in total. The van der Waals surface area contributed by atoms with E-state index < -0.39 is 41.6 Å². The maximum atomic E-state index is 13.7. The van der Waals surface area contributed by atoms with Crippen molar-refractivity contribution in [3.63, 3.8) is 0 Å². The minimum atomic E-state index is -1.00. The number of benzene rings is 1. The van der Waals surface area contributed by atoms with Crippen LogP contribution in [-0.4, -0.2) is 65.9 Å². The first kappa shape index (κ1) is 31.3. The van der Waals surface area contributed by atoms with Crippen LogP contribution in [0.25, 0.3) is 0 Å². The van der Waals surface area contributed by atoms with Gasteiger partial charge in [0.25, 0.3) is 0 Å². The Morgan fingerprint density at radius 1 is 1.11 bits per heavy atom. The van der Waals surface area contributed by atoms with Crippen molar-refractivity contribution in [2.45, 2.75) is 79.0 Å². The van der Waals surface area contributed by atoms with Crippen molar-refractivity contribution in [2.24, 2.45) is 0 Å². The van der Waals surface area contributed by atoms with Crippen molar-refractivity contribution in [3.05, 3.63) is 34.9 Å². The molecule has 202 valence electrons. The molecule has 9 nitrogen and oxygen atoms in total. The van der Waals surface area contributed by atoms with E-state index in [1.165, 1.54) is 4.90 Å². The molecular formula is C26H41N3O6S. The zero-order valence-electron chi connectivity index (χ0n) is 22.5. The highest BCUT2D eigenvalue weighted by Crippen LogP contribution is 2.27. The molecule has 0 aliphatic rings. The number of aryl methyl sites for hydroxylation is 1. The maximum Gasteiger partial charge on any atom is 0.408 e. The van der Waals surface area contributed by atoms with Gasteiger partial charge in [-0.1, -0.05) is 25.1 Å². The van der Waals surface area contributed by atoms with Gasteiger partial charge in [-0.25, -0.2) is 4.79 Å². The molecule has 0 aliphatic carbocycles. The predicted molar refractivity (Wildman–Crippen MR) is 142 cm³/mol. The second-order valence-corrected chi connectivity index (χ2v) is 9.82. The van der Waals surface area contributed by atoms with Crippen molar-refractivity contribution in [3.8, 4) is 0 Å². The molecule has 10 heteroatoms. The quantitative estimate of drug-likeness (QED) is 0.286. The Kier molecular flexibility index (Phi) is 12.8. The molecule has 1 aromatic rings. The van der Waals surface area contributed by atoms with Crippen LogP contribution in [0.1, 0.15) is 70.2 Å². The van der Waals surface area contributed by atoms with Gasteiger partial charge in [0.1, 0.15) is 17.7 Å². The molecule has 0 heterocycles. The summed E-state index contributed by atoms with van der Waals surface area (Å²) in [5.74, 6) is -1.28. The highest BCUT2D eigenvalue weighted by molar-refractivity contribution is 7.80. The predicted octanol–water partition coefficient (Wildman–Crippen LogP) is 3.48. The van der Waals surface area contributed by atoms with Crippen LogP contribution in [0.15, 0.2) is 18.2 Å². The van der Waals surface area contributed by atoms with Crippen LogP contribution >= 0.6 is 12.6 Å². The number of ether oxygens (including phenoxy) is 2. The van der Waals surface area contributed by atoms with Crippen LogP contribution in [-0.2, 0) is 23.9 Å². The monoisotopic (exact) mass is 523 g/mol. The van der Waals surface area contributed by atoms with E-state index in [9.17, 15) is 19.2 Å². The molecule has 1 aromatic carbocycles. The summed E-state index contributed by atoms with van der Waals surface area (Å²) < 4.78 is 10.2. The van der Waals surface area contributed by atoms with Gasteiger partial charge in [0, 0.05) is 18.8 Å². The molecule has 3 amide bonds. The lowest BCUT2D eigenvalue weighted by Crippen LogP contribution is -2.54. The fourth-order valence-electron chi connectivity index (χ4n) is 3.58. The number of esters is 1. The summed E-state index contributed by atoms with van der Waals surface area (Å²) in [5.41, 5.74) is 1.77. The summed E-state index contributed by atoms with van der Waals surface area (Å²) >= 11 is 4.28. The Labute approximate surface area is 220 Å². The standard InChI is InChI=1S/C26H41N3O6S/c1-8-15-29(24(32)20(16-36)28-25(33)35-26(5,6)7)22(19-12-10-11-17(3)18(19)4)23(31)27-14-13-21(30)34-9-2/h10-12,20,22,36H,8-9,13-16H2,1-7H3,(H,27,31)(H,28,33). The number of carbonyl (C=O) groups excluding carboxylic acids is 4. The molecule has 0 fully saturated rings. The van der Waals surface area contributed by atoms with E-state index in [2.05, 4.69) is 23.3 Å². The summed E-state index contributed by atoms with van der Waals surface area (Å²) in [6.45, 7) is 13.2. The number of rotatable bonds is 12. The lowest BCUT2D eigenvalue weighted by atomic mass is 9.95. The maximum absolute atomic E-state index is 13.7. The van der Waals surface area contributed by atoms with Crippen LogP contribution in [0.3, 0.4) is 0 Å². The van der Waals surface area contributed by atoms with Crippen LogP contribution in [0.4, 0.5) is 4.79 Å². The number of thiol groups is 1. The SMILES string of the molecule is CCCN(C(=O)C(CS)NC(=O)OC(C)(C)C)C(C(=O)NCCC(=O)OCC)c1cccc(C)c1C. The van der Waals surface area contributed by atoms with Crippen molar-refractivity contribution in [2.75, 3.05) is 25.4 Å². The van der Waals surface area contributed by atoms with Gasteiger partial charge < -0.3 is 25.0 Å². The molecule has 2 atom stereocenters. The van der Waals surface area contributed by atoms with Gasteiger partial charge in [-0.05, 0) is 64.7 Å². The number of amides is 3. The third-order valence-corrected chi connectivity index (χ3v) is 5.72. The molecule has 0 saturated carbocycles. The average molecular weight is 524 g/mol.